The summed E-state index contributed by atoms with van der Waals surface area (Å²) in [6, 6.07) is -0.880. The minimum atomic E-state index is -0.880. The van der Waals surface area contributed by atoms with Crippen LogP contribution in [0.3, 0.4) is 0 Å². The van der Waals surface area contributed by atoms with Gasteiger partial charge in [0, 0.05) is 0 Å². The highest BCUT2D eigenvalue weighted by atomic mass is 31.1. The lowest BCUT2D eigenvalue weighted by Crippen LogP contribution is -2.15. The maximum absolute atomic E-state index is 10.2. The molecule has 0 aromatic carbocycles. The Bertz CT molecular complexity index is 90.9. The summed E-state index contributed by atoms with van der Waals surface area (Å²) in [5.74, 6) is 0. The smallest absolute Gasteiger partial charge is 0.240 e. The Balaban J connectivity index is 3.33. The fourth-order valence-electron chi connectivity index (χ4n) is 0.416. The van der Waals surface area contributed by atoms with E-state index in [-0.39, 0.29) is 34.9 Å². The fourth-order valence-corrected chi connectivity index (χ4v) is 0.749. The summed E-state index contributed by atoms with van der Waals surface area (Å²) in [6.07, 6.45) is 0. The normalized spacial score (nSPS) is 11.2. The Labute approximate surface area is 66.1 Å². The van der Waals surface area contributed by atoms with E-state index in [2.05, 4.69) is 0 Å². The number of hydrogen-bond acceptors (Lipinski definition) is 5. The van der Waals surface area contributed by atoms with Gasteiger partial charge < -0.3 is 19.7 Å². The third-order valence-electron chi connectivity index (χ3n) is 0.789. The lowest BCUT2D eigenvalue weighted by molar-refractivity contribution is -0.0991. The molecule has 0 atom stereocenters. The Morgan fingerprint density at radius 3 is 1.91 bits per heavy atom. The topological polar surface area (TPSA) is 76.0 Å². The van der Waals surface area contributed by atoms with E-state index in [0.29, 0.717) is 0 Å². The molecule has 0 bridgehead atoms. The third-order valence-corrected chi connectivity index (χ3v) is 1.26. The van der Waals surface area contributed by atoms with Crippen molar-refractivity contribution in [3.05, 3.63) is 0 Å². The van der Waals surface area contributed by atoms with Crippen LogP contribution in [0.5, 0.6) is 0 Å². The molecule has 0 saturated carbocycles. The van der Waals surface area contributed by atoms with E-state index in [1.807, 2.05) is 0 Å². The lowest BCUT2D eigenvalue weighted by Gasteiger charge is -2.09. The Morgan fingerprint density at radius 2 is 1.64 bits per heavy atom. The third kappa shape index (κ3) is 6.34. The second-order valence-corrected chi connectivity index (χ2v) is 2.23. The summed E-state index contributed by atoms with van der Waals surface area (Å²) in [5, 5.41) is 16.6. The van der Waals surface area contributed by atoms with Gasteiger partial charge in [0.2, 0.25) is 14.5 Å². The molecule has 0 aliphatic carbocycles. The van der Waals surface area contributed by atoms with Gasteiger partial charge in [-0.05, 0) is 0 Å². The van der Waals surface area contributed by atoms with E-state index in [9.17, 15) is 4.57 Å². The highest BCUT2D eigenvalue weighted by Gasteiger charge is 2.06. The first kappa shape index (κ1) is 10.9. The molecule has 0 amide bonds. The van der Waals surface area contributed by atoms with Crippen LogP contribution in [-0.2, 0) is 14.0 Å². The zero-order chi connectivity index (χ0) is 8.53. The molecule has 0 unspecified atom stereocenters. The van der Waals surface area contributed by atoms with Gasteiger partial charge in [0.1, 0.15) is 0 Å². The van der Waals surface area contributed by atoms with Gasteiger partial charge in [-0.2, -0.15) is 0 Å². The van der Waals surface area contributed by atoms with E-state index in [4.69, 9.17) is 19.7 Å². The van der Waals surface area contributed by atoms with Crippen molar-refractivity contribution in [3.8, 4) is 0 Å². The van der Waals surface area contributed by atoms with Crippen LogP contribution in [-0.4, -0.2) is 42.7 Å². The van der Waals surface area contributed by atoms with Crippen molar-refractivity contribution in [2.45, 2.75) is 6.03 Å². The lowest BCUT2D eigenvalue weighted by atomic mass is 10.8. The van der Waals surface area contributed by atoms with E-state index >= 15 is 0 Å². The van der Waals surface area contributed by atoms with Crippen molar-refractivity contribution in [3.63, 3.8) is 0 Å². The molecule has 5 nitrogen and oxygen atoms in total. The molecular weight excluding hydrogens is 171 g/mol. The Morgan fingerprint density at radius 1 is 1.18 bits per heavy atom. The number of ether oxygens (including phenoxy) is 2. The highest BCUT2D eigenvalue weighted by molar-refractivity contribution is 7.24. The predicted octanol–water partition coefficient (Wildman–Crippen LogP) is -0.421. The van der Waals surface area contributed by atoms with E-state index < -0.39 is 6.03 Å². The van der Waals surface area contributed by atoms with Gasteiger partial charge in [-0.1, -0.05) is 0 Å². The summed E-state index contributed by atoms with van der Waals surface area (Å²) in [7, 11) is -0.307. The Kier molecular flexibility index (Phi) is 8.00. The number of hydrogen-bond donors (Lipinski definition) is 2. The summed E-state index contributed by atoms with van der Waals surface area (Å²) < 4.78 is 19.7. The molecule has 66 valence electrons. The van der Waals surface area contributed by atoms with Crippen LogP contribution in [0.4, 0.5) is 0 Å². The minimum absolute atomic E-state index is 0.0747. The molecular formula is C5H11O5P. The number of rotatable bonds is 7. The molecule has 2 N–H and O–H groups in total. The molecule has 0 heterocycles. The summed E-state index contributed by atoms with van der Waals surface area (Å²) >= 11 is 0. The largest absolute Gasteiger partial charge is 0.394 e. The van der Waals surface area contributed by atoms with Gasteiger partial charge in [0.05, 0.1) is 26.4 Å². The number of aliphatic hydroxyl groups excluding tert-OH is 2. The van der Waals surface area contributed by atoms with Gasteiger partial charge in [0.25, 0.3) is 0 Å². The highest BCUT2D eigenvalue weighted by Crippen LogP contribution is 2.08. The molecule has 0 saturated heterocycles. The predicted molar refractivity (Wildman–Crippen MR) is 37.5 cm³/mol. The van der Waals surface area contributed by atoms with Crippen LogP contribution >= 0.6 is 8.46 Å². The monoisotopic (exact) mass is 182 g/mol. The maximum atomic E-state index is 10.2. The van der Waals surface area contributed by atoms with Gasteiger partial charge in [-0.15, -0.1) is 0 Å². The fraction of sp³-hybridized carbons (Fsp3) is 1.00. The second kappa shape index (κ2) is 8.04. The zero-order valence-corrected chi connectivity index (χ0v) is 6.87. The molecule has 0 aliphatic heterocycles. The van der Waals surface area contributed by atoms with Crippen LogP contribution in [0, 0.1) is 0 Å². The second-order valence-electron chi connectivity index (χ2n) is 1.60. The van der Waals surface area contributed by atoms with Crippen molar-refractivity contribution in [1.82, 2.24) is 0 Å². The van der Waals surface area contributed by atoms with Crippen LogP contribution in [0.2, 0.25) is 0 Å². The van der Waals surface area contributed by atoms with E-state index in [0.717, 1.165) is 0 Å². The molecule has 0 rings (SSSR count). The summed E-state index contributed by atoms with van der Waals surface area (Å²) in [4.78, 5) is 0. The van der Waals surface area contributed by atoms with Crippen LogP contribution < -0.4 is 0 Å². The first-order chi connectivity index (χ1) is 5.35. The van der Waals surface area contributed by atoms with Crippen molar-refractivity contribution < 1.29 is 24.3 Å². The van der Waals surface area contributed by atoms with Gasteiger partial charge in [-0.3, -0.25) is 4.57 Å². The molecule has 6 heteroatoms. The van der Waals surface area contributed by atoms with Gasteiger partial charge >= 0.3 is 0 Å². The minimum Gasteiger partial charge on any atom is -0.394 e. The molecule has 11 heavy (non-hydrogen) atoms. The molecule has 0 aromatic rings. The average molecular weight is 182 g/mol. The SMILES string of the molecule is O=PC(OCCO)OCCO. The van der Waals surface area contributed by atoms with Crippen LogP contribution in [0.25, 0.3) is 0 Å². The molecule has 0 aromatic heterocycles. The summed E-state index contributed by atoms with van der Waals surface area (Å²) in [5.41, 5.74) is 0. The molecule has 0 spiro atoms. The quantitative estimate of drug-likeness (QED) is 0.413. The average Bonchev–Trinajstić information content (AvgIpc) is 2.05. The van der Waals surface area contributed by atoms with Crippen molar-refractivity contribution in [1.29, 1.82) is 0 Å². The van der Waals surface area contributed by atoms with Crippen molar-refractivity contribution >= 4 is 8.46 Å². The number of aliphatic hydroxyl groups is 2. The van der Waals surface area contributed by atoms with Crippen molar-refractivity contribution in [2.75, 3.05) is 26.4 Å². The zero-order valence-electron chi connectivity index (χ0n) is 5.97. The first-order valence-corrected chi connectivity index (χ1v) is 4.00. The molecule has 0 aliphatic rings. The Hall–Kier alpha value is -0.0600. The standard InChI is InChI=1S/C5H11O5P/c6-1-3-9-5(11-8)10-4-2-7/h5-7H,1-4H2. The van der Waals surface area contributed by atoms with Crippen LogP contribution in [0.1, 0.15) is 0 Å². The van der Waals surface area contributed by atoms with Gasteiger partial charge in [0.15, 0.2) is 0 Å². The van der Waals surface area contributed by atoms with Crippen LogP contribution in [0.15, 0.2) is 0 Å². The van der Waals surface area contributed by atoms with Gasteiger partial charge in [-0.25, -0.2) is 0 Å². The van der Waals surface area contributed by atoms with E-state index in [1.165, 1.54) is 0 Å². The van der Waals surface area contributed by atoms with Crippen molar-refractivity contribution in [2.24, 2.45) is 0 Å². The summed E-state index contributed by atoms with van der Waals surface area (Å²) in [6.45, 7) is -0.139. The first-order valence-electron chi connectivity index (χ1n) is 3.12. The molecule has 0 fully saturated rings. The van der Waals surface area contributed by atoms with E-state index in [1.54, 1.807) is 0 Å². The maximum Gasteiger partial charge on any atom is 0.240 e. The molecule has 0 radical (unpaired) electrons.